The SMILES string of the molecule is COc1ccc(-c2[nH]ncc2CN2CC[C@@H](O)[C@H](C(=O)O)C2)cc1. The van der Waals surface area contributed by atoms with Crippen LogP contribution in [0.3, 0.4) is 0 Å². The Morgan fingerprint density at radius 3 is 2.83 bits per heavy atom. The average Bonchev–Trinajstić information content (AvgIpc) is 3.04. The molecule has 0 saturated carbocycles. The van der Waals surface area contributed by atoms with Crippen LogP contribution < -0.4 is 4.74 Å². The number of aliphatic hydroxyl groups excluding tert-OH is 1. The number of ether oxygens (including phenoxy) is 1. The van der Waals surface area contributed by atoms with Crippen molar-refractivity contribution in [3.63, 3.8) is 0 Å². The van der Waals surface area contributed by atoms with Gasteiger partial charge in [0, 0.05) is 30.8 Å². The van der Waals surface area contributed by atoms with Crippen LogP contribution in [0.1, 0.15) is 12.0 Å². The molecule has 1 saturated heterocycles. The van der Waals surface area contributed by atoms with Crippen molar-refractivity contribution in [3.05, 3.63) is 36.0 Å². The molecule has 7 heteroatoms. The van der Waals surface area contributed by atoms with Crippen molar-refractivity contribution in [1.82, 2.24) is 15.1 Å². The highest BCUT2D eigenvalue weighted by Gasteiger charge is 2.33. The molecule has 1 aromatic carbocycles. The number of methoxy groups -OCH3 is 1. The van der Waals surface area contributed by atoms with E-state index in [1.807, 2.05) is 29.2 Å². The van der Waals surface area contributed by atoms with Gasteiger partial charge < -0.3 is 14.9 Å². The maximum Gasteiger partial charge on any atom is 0.310 e. The fraction of sp³-hybridized carbons (Fsp3) is 0.412. The highest BCUT2D eigenvalue weighted by molar-refractivity contribution is 5.71. The van der Waals surface area contributed by atoms with E-state index in [1.54, 1.807) is 13.3 Å². The molecule has 0 radical (unpaired) electrons. The van der Waals surface area contributed by atoms with E-state index in [0.717, 1.165) is 22.6 Å². The molecule has 2 atom stereocenters. The number of hydrogen-bond acceptors (Lipinski definition) is 5. The molecular weight excluding hydrogens is 310 g/mol. The van der Waals surface area contributed by atoms with E-state index >= 15 is 0 Å². The van der Waals surface area contributed by atoms with Crippen molar-refractivity contribution in [2.75, 3.05) is 20.2 Å². The zero-order valence-electron chi connectivity index (χ0n) is 13.5. The first-order valence-electron chi connectivity index (χ1n) is 7.88. The van der Waals surface area contributed by atoms with Gasteiger partial charge in [0.2, 0.25) is 0 Å². The lowest BCUT2D eigenvalue weighted by Crippen LogP contribution is -2.46. The van der Waals surface area contributed by atoms with E-state index in [2.05, 4.69) is 10.2 Å². The first-order valence-corrected chi connectivity index (χ1v) is 7.88. The molecule has 0 amide bonds. The summed E-state index contributed by atoms with van der Waals surface area (Å²) in [6.07, 6.45) is 1.46. The number of rotatable bonds is 5. The minimum Gasteiger partial charge on any atom is -0.497 e. The second-order valence-corrected chi connectivity index (χ2v) is 6.03. The van der Waals surface area contributed by atoms with Crippen LogP contribution in [-0.2, 0) is 11.3 Å². The summed E-state index contributed by atoms with van der Waals surface area (Å²) in [4.78, 5) is 13.3. The average molecular weight is 331 g/mol. The summed E-state index contributed by atoms with van der Waals surface area (Å²) >= 11 is 0. The van der Waals surface area contributed by atoms with Gasteiger partial charge in [0.15, 0.2) is 0 Å². The molecule has 1 fully saturated rings. The summed E-state index contributed by atoms with van der Waals surface area (Å²) in [5.41, 5.74) is 2.91. The van der Waals surface area contributed by atoms with E-state index in [0.29, 0.717) is 26.1 Å². The molecule has 3 rings (SSSR count). The van der Waals surface area contributed by atoms with Crippen molar-refractivity contribution >= 4 is 5.97 Å². The standard InChI is InChI=1S/C17H21N3O4/c1-24-13-4-2-11(3-5-13)16-12(8-18-19-16)9-20-7-6-15(21)14(10-20)17(22)23/h2-5,8,14-15,21H,6-7,9-10H2,1H3,(H,18,19)(H,22,23)/t14-,15-/m1/s1. The number of hydrogen-bond donors (Lipinski definition) is 3. The lowest BCUT2D eigenvalue weighted by molar-refractivity contribution is -0.149. The van der Waals surface area contributed by atoms with Crippen LogP contribution in [0.15, 0.2) is 30.5 Å². The maximum absolute atomic E-state index is 11.2. The molecular formula is C17H21N3O4. The number of likely N-dealkylation sites (tertiary alicyclic amines) is 1. The predicted octanol–water partition coefficient (Wildman–Crippen LogP) is 1.35. The Labute approximate surface area is 139 Å². The third-order valence-corrected chi connectivity index (χ3v) is 4.47. The number of H-pyrrole nitrogens is 1. The van der Waals surface area contributed by atoms with E-state index in [9.17, 15) is 15.0 Å². The van der Waals surface area contributed by atoms with Gasteiger partial charge in [-0.25, -0.2) is 0 Å². The van der Waals surface area contributed by atoms with Crippen molar-refractivity contribution in [2.45, 2.75) is 19.1 Å². The van der Waals surface area contributed by atoms with E-state index < -0.39 is 18.0 Å². The Morgan fingerprint density at radius 1 is 1.42 bits per heavy atom. The molecule has 0 spiro atoms. The van der Waals surface area contributed by atoms with Crippen LogP contribution in [0.4, 0.5) is 0 Å². The van der Waals surface area contributed by atoms with Gasteiger partial charge in [0.1, 0.15) is 5.75 Å². The number of carboxylic acid groups (broad SMARTS) is 1. The number of carboxylic acids is 1. The topological polar surface area (TPSA) is 98.7 Å². The number of aromatic nitrogens is 2. The smallest absolute Gasteiger partial charge is 0.310 e. The van der Waals surface area contributed by atoms with Crippen LogP contribution in [0.25, 0.3) is 11.3 Å². The van der Waals surface area contributed by atoms with Crippen molar-refractivity contribution < 1.29 is 19.7 Å². The Morgan fingerprint density at radius 2 is 2.17 bits per heavy atom. The number of carbonyl (C=O) groups is 1. The summed E-state index contributed by atoms with van der Waals surface area (Å²) in [5, 5.41) is 26.2. The fourth-order valence-corrected chi connectivity index (χ4v) is 3.07. The number of aliphatic hydroxyl groups is 1. The summed E-state index contributed by atoms with van der Waals surface area (Å²) in [6, 6.07) is 7.68. The second kappa shape index (κ2) is 7.02. The molecule has 1 aliphatic rings. The van der Waals surface area contributed by atoms with Crippen molar-refractivity contribution in [3.8, 4) is 17.0 Å². The molecule has 0 bridgehead atoms. The number of piperidine rings is 1. The molecule has 7 nitrogen and oxygen atoms in total. The van der Waals surface area contributed by atoms with Gasteiger partial charge in [-0.3, -0.25) is 14.8 Å². The molecule has 1 aliphatic heterocycles. The number of nitrogens with zero attached hydrogens (tertiary/aromatic N) is 2. The van der Waals surface area contributed by atoms with E-state index in [4.69, 9.17) is 4.74 Å². The van der Waals surface area contributed by atoms with Crippen LogP contribution >= 0.6 is 0 Å². The fourth-order valence-electron chi connectivity index (χ4n) is 3.07. The second-order valence-electron chi connectivity index (χ2n) is 6.03. The molecule has 128 valence electrons. The maximum atomic E-state index is 11.2. The van der Waals surface area contributed by atoms with Gasteiger partial charge in [0.25, 0.3) is 0 Å². The Hall–Kier alpha value is -2.38. The van der Waals surface area contributed by atoms with Crippen molar-refractivity contribution in [1.29, 1.82) is 0 Å². The Balaban J connectivity index is 1.74. The van der Waals surface area contributed by atoms with Gasteiger partial charge in [-0.1, -0.05) is 0 Å². The van der Waals surface area contributed by atoms with E-state index in [-0.39, 0.29) is 0 Å². The molecule has 3 N–H and O–H groups in total. The molecule has 0 unspecified atom stereocenters. The van der Waals surface area contributed by atoms with Gasteiger partial charge >= 0.3 is 5.97 Å². The molecule has 0 aliphatic carbocycles. The summed E-state index contributed by atoms with van der Waals surface area (Å²) < 4.78 is 5.17. The number of aromatic amines is 1. The highest BCUT2D eigenvalue weighted by Crippen LogP contribution is 2.26. The van der Waals surface area contributed by atoms with Gasteiger partial charge in [-0.15, -0.1) is 0 Å². The summed E-state index contributed by atoms with van der Waals surface area (Å²) in [6.45, 7) is 1.59. The zero-order chi connectivity index (χ0) is 17.1. The highest BCUT2D eigenvalue weighted by atomic mass is 16.5. The minimum atomic E-state index is -0.949. The van der Waals surface area contributed by atoms with Crippen LogP contribution in [-0.4, -0.2) is 57.6 Å². The number of aliphatic carboxylic acids is 1. The molecule has 2 aromatic rings. The summed E-state index contributed by atoms with van der Waals surface area (Å²) in [7, 11) is 1.63. The lowest BCUT2D eigenvalue weighted by atomic mass is 9.94. The Bertz CT molecular complexity index is 698. The lowest BCUT2D eigenvalue weighted by Gasteiger charge is -2.33. The monoisotopic (exact) mass is 331 g/mol. The molecule has 2 heterocycles. The van der Waals surface area contributed by atoms with Crippen molar-refractivity contribution in [2.24, 2.45) is 5.92 Å². The van der Waals surface area contributed by atoms with Crippen LogP contribution in [0, 0.1) is 5.92 Å². The first kappa shape index (κ1) is 16.5. The zero-order valence-corrected chi connectivity index (χ0v) is 13.5. The number of nitrogens with one attached hydrogen (secondary N) is 1. The first-order chi connectivity index (χ1) is 11.6. The van der Waals surface area contributed by atoms with Crippen LogP contribution in [0.2, 0.25) is 0 Å². The quantitative estimate of drug-likeness (QED) is 0.765. The largest absolute Gasteiger partial charge is 0.497 e. The molecule has 24 heavy (non-hydrogen) atoms. The van der Waals surface area contributed by atoms with Gasteiger partial charge in [-0.2, -0.15) is 5.10 Å². The normalized spacial score (nSPS) is 21.6. The van der Waals surface area contributed by atoms with Gasteiger partial charge in [-0.05, 0) is 30.7 Å². The molecule has 1 aromatic heterocycles. The van der Waals surface area contributed by atoms with Crippen LogP contribution in [0.5, 0.6) is 5.75 Å². The Kier molecular flexibility index (Phi) is 4.82. The summed E-state index contributed by atoms with van der Waals surface area (Å²) in [5.74, 6) is -0.904. The van der Waals surface area contributed by atoms with E-state index in [1.165, 1.54) is 0 Å². The third-order valence-electron chi connectivity index (χ3n) is 4.47. The predicted molar refractivity (Wildman–Crippen MR) is 87.6 cm³/mol. The number of benzene rings is 1. The van der Waals surface area contributed by atoms with Gasteiger partial charge in [0.05, 0.1) is 31.0 Å². The third kappa shape index (κ3) is 3.42. The minimum absolute atomic E-state index is 0.337.